The lowest BCUT2D eigenvalue weighted by atomic mass is 9.98. The van der Waals surface area contributed by atoms with Gasteiger partial charge in [-0.25, -0.2) is 4.98 Å². The summed E-state index contributed by atoms with van der Waals surface area (Å²) >= 11 is 0. The molecule has 0 bridgehead atoms. The SMILES string of the molecule is COc1cc2c(cc1OCCCCCCOc1ccc(-n3c(-c4ccccc4)nc4ccc(N5CCC(C)CC5)cc4c3=O)cc1)N=C[C@@H]1CCCN1C2=O. The topological polar surface area (TPSA) is 98.5 Å². The van der Waals surface area contributed by atoms with Crippen LogP contribution in [0.3, 0.4) is 0 Å². The molecule has 284 valence electrons. The Morgan fingerprint density at radius 1 is 0.764 bits per heavy atom. The highest BCUT2D eigenvalue weighted by Gasteiger charge is 2.32. The number of hydrogen-bond acceptors (Lipinski definition) is 8. The van der Waals surface area contributed by atoms with Gasteiger partial charge in [-0.05, 0) is 106 Å². The lowest BCUT2D eigenvalue weighted by Gasteiger charge is -2.32. The Bertz CT molecular complexity index is 2230. The maximum Gasteiger partial charge on any atom is 0.266 e. The van der Waals surface area contributed by atoms with Crippen molar-refractivity contribution < 1.29 is 19.0 Å². The first kappa shape index (κ1) is 36.3. The maximum absolute atomic E-state index is 14.3. The number of anilines is 1. The van der Waals surface area contributed by atoms with E-state index in [2.05, 4.69) is 22.9 Å². The van der Waals surface area contributed by atoms with Crippen molar-refractivity contribution in [3.05, 3.63) is 101 Å². The molecule has 0 radical (unpaired) electrons. The molecule has 55 heavy (non-hydrogen) atoms. The molecule has 10 nitrogen and oxygen atoms in total. The number of benzene rings is 4. The standard InChI is InChI=1S/C45H49N5O5/c1-31-20-23-48(24-21-31)34-16-19-39-37(27-34)45(52)50(43(47-39)32-11-6-5-7-12-32)33-14-17-36(18-15-33)54-25-8-3-4-9-26-55-42-29-40-38(28-41(42)53-2)44(51)49-22-10-13-35(49)30-46-40/h5-7,11-12,14-19,27-31,35H,3-4,8-10,13,20-26H2,1-2H3/t35-/m0/s1. The Morgan fingerprint density at radius 3 is 2.27 bits per heavy atom. The molecule has 1 atom stereocenters. The molecule has 0 N–H and O–H groups in total. The predicted molar refractivity (Wildman–Crippen MR) is 218 cm³/mol. The zero-order chi connectivity index (χ0) is 37.7. The normalized spacial score (nSPS) is 16.9. The first-order valence-corrected chi connectivity index (χ1v) is 19.8. The predicted octanol–water partition coefficient (Wildman–Crippen LogP) is 8.64. The summed E-state index contributed by atoms with van der Waals surface area (Å²) in [6.45, 7) is 6.19. The van der Waals surface area contributed by atoms with Gasteiger partial charge in [0.05, 0.1) is 54.2 Å². The second kappa shape index (κ2) is 16.4. The van der Waals surface area contributed by atoms with Crippen molar-refractivity contribution >= 4 is 34.4 Å². The van der Waals surface area contributed by atoms with Gasteiger partial charge in [0.2, 0.25) is 0 Å². The molecule has 2 fully saturated rings. The number of carbonyl (C=O) groups excluding carboxylic acids is 1. The third kappa shape index (κ3) is 7.81. The number of unbranched alkanes of at least 4 members (excludes halogenated alkanes) is 3. The second-order valence-electron chi connectivity index (χ2n) is 14.9. The van der Waals surface area contributed by atoms with E-state index in [0.717, 1.165) is 99.6 Å². The molecular formula is C45H49N5O5. The number of ether oxygens (including phenoxy) is 3. The van der Waals surface area contributed by atoms with E-state index in [1.54, 1.807) is 17.7 Å². The smallest absolute Gasteiger partial charge is 0.266 e. The summed E-state index contributed by atoms with van der Waals surface area (Å²) in [6.07, 6.45) is 9.92. The van der Waals surface area contributed by atoms with Gasteiger partial charge in [0.1, 0.15) is 11.6 Å². The monoisotopic (exact) mass is 739 g/mol. The number of rotatable bonds is 13. The quantitative estimate of drug-likeness (QED) is 0.112. The van der Waals surface area contributed by atoms with Crippen LogP contribution in [0, 0.1) is 5.92 Å². The number of methoxy groups -OCH3 is 1. The number of carbonyl (C=O) groups is 1. The zero-order valence-electron chi connectivity index (χ0n) is 31.8. The van der Waals surface area contributed by atoms with Gasteiger partial charge >= 0.3 is 0 Å². The highest BCUT2D eigenvalue weighted by Crippen LogP contribution is 2.38. The molecule has 0 spiro atoms. The van der Waals surface area contributed by atoms with Gasteiger partial charge < -0.3 is 24.0 Å². The van der Waals surface area contributed by atoms with E-state index in [-0.39, 0.29) is 17.5 Å². The summed E-state index contributed by atoms with van der Waals surface area (Å²) in [6, 6.07) is 27.4. The molecule has 4 aromatic carbocycles. The Balaban J connectivity index is 0.870. The van der Waals surface area contributed by atoms with Gasteiger partial charge in [0.25, 0.3) is 11.5 Å². The molecule has 0 aliphatic carbocycles. The van der Waals surface area contributed by atoms with Crippen molar-refractivity contribution in [1.29, 1.82) is 0 Å². The van der Waals surface area contributed by atoms with Gasteiger partial charge in [-0.15, -0.1) is 0 Å². The molecule has 4 heterocycles. The fourth-order valence-corrected chi connectivity index (χ4v) is 7.90. The molecule has 1 amide bonds. The lowest BCUT2D eigenvalue weighted by Crippen LogP contribution is -2.35. The van der Waals surface area contributed by atoms with Crippen LogP contribution in [-0.2, 0) is 0 Å². The van der Waals surface area contributed by atoms with E-state index in [0.29, 0.717) is 52.7 Å². The van der Waals surface area contributed by atoms with Crippen LogP contribution in [0.1, 0.15) is 68.6 Å². The van der Waals surface area contributed by atoms with Gasteiger partial charge in [-0.2, -0.15) is 0 Å². The van der Waals surface area contributed by atoms with Gasteiger partial charge in [-0.1, -0.05) is 37.3 Å². The largest absolute Gasteiger partial charge is 0.494 e. The molecule has 0 saturated carbocycles. The Kier molecular flexibility index (Phi) is 10.8. The average Bonchev–Trinajstić information content (AvgIpc) is 3.66. The van der Waals surface area contributed by atoms with Crippen molar-refractivity contribution in [2.45, 2.75) is 64.3 Å². The van der Waals surface area contributed by atoms with Crippen LogP contribution in [0.15, 0.2) is 94.7 Å². The number of hydrogen-bond donors (Lipinski definition) is 0. The summed E-state index contributed by atoms with van der Waals surface area (Å²) in [7, 11) is 1.60. The molecule has 2 saturated heterocycles. The Labute approximate surface area is 322 Å². The van der Waals surface area contributed by atoms with Crippen molar-refractivity contribution in [1.82, 2.24) is 14.5 Å². The van der Waals surface area contributed by atoms with E-state index in [4.69, 9.17) is 19.2 Å². The van der Waals surface area contributed by atoms with Gasteiger partial charge in [0, 0.05) is 43.2 Å². The molecule has 3 aliphatic rings. The van der Waals surface area contributed by atoms with Gasteiger partial charge in [0.15, 0.2) is 11.5 Å². The summed E-state index contributed by atoms with van der Waals surface area (Å²) in [5, 5.41) is 0.615. The third-order valence-corrected chi connectivity index (χ3v) is 11.2. The maximum atomic E-state index is 14.3. The molecule has 5 aromatic rings. The number of aliphatic imine (C=N–C) groups is 1. The first-order chi connectivity index (χ1) is 27.0. The van der Waals surface area contributed by atoms with E-state index < -0.39 is 0 Å². The van der Waals surface area contributed by atoms with Crippen LogP contribution < -0.4 is 24.7 Å². The molecule has 10 heteroatoms. The Hall–Kier alpha value is -5.64. The van der Waals surface area contributed by atoms with Crippen LogP contribution in [0.2, 0.25) is 0 Å². The fraction of sp³-hybridized carbons (Fsp3) is 0.378. The minimum Gasteiger partial charge on any atom is -0.494 e. The number of piperidine rings is 1. The van der Waals surface area contributed by atoms with Gasteiger partial charge in [-0.3, -0.25) is 19.1 Å². The summed E-state index contributed by atoms with van der Waals surface area (Å²) in [4.78, 5) is 41.4. The van der Waals surface area contributed by atoms with E-state index >= 15 is 0 Å². The average molecular weight is 740 g/mol. The second-order valence-corrected chi connectivity index (χ2v) is 14.9. The number of aromatic nitrogens is 2. The minimum absolute atomic E-state index is 0.00391. The lowest BCUT2D eigenvalue weighted by molar-refractivity contribution is 0.0774. The highest BCUT2D eigenvalue weighted by atomic mass is 16.5. The summed E-state index contributed by atoms with van der Waals surface area (Å²) in [5.74, 6) is 3.26. The molecule has 0 unspecified atom stereocenters. The van der Waals surface area contributed by atoms with E-state index in [1.807, 2.05) is 83.9 Å². The Morgan fingerprint density at radius 2 is 1.51 bits per heavy atom. The van der Waals surface area contributed by atoms with Crippen LogP contribution in [0.25, 0.3) is 28.0 Å². The van der Waals surface area contributed by atoms with Crippen LogP contribution >= 0.6 is 0 Å². The third-order valence-electron chi connectivity index (χ3n) is 11.2. The number of amides is 1. The molecular weight excluding hydrogens is 691 g/mol. The molecule has 3 aliphatic heterocycles. The highest BCUT2D eigenvalue weighted by molar-refractivity contribution is 6.03. The summed E-state index contributed by atoms with van der Waals surface area (Å²) < 4.78 is 19.5. The van der Waals surface area contributed by atoms with Crippen LogP contribution in [0.4, 0.5) is 11.4 Å². The first-order valence-electron chi connectivity index (χ1n) is 19.8. The fourth-order valence-electron chi connectivity index (χ4n) is 7.90. The minimum atomic E-state index is -0.0851. The number of nitrogens with zero attached hydrogens (tertiary/aromatic N) is 5. The van der Waals surface area contributed by atoms with E-state index in [9.17, 15) is 9.59 Å². The van der Waals surface area contributed by atoms with Crippen molar-refractivity contribution in [2.24, 2.45) is 10.9 Å². The zero-order valence-corrected chi connectivity index (χ0v) is 31.8. The van der Waals surface area contributed by atoms with E-state index in [1.165, 1.54) is 0 Å². The van der Waals surface area contributed by atoms with Crippen molar-refractivity contribution in [2.75, 3.05) is 44.9 Å². The van der Waals surface area contributed by atoms with Crippen LogP contribution in [0.5, 0.6) is 17.2 Å². The summed E-state index contributed by atoms with van der Waals surface area (Å²) in [5.41, 5.74) is 4.51. The van der Waals surface area contributed by atoms with Crippen molar-refractivity contribution in [3.8, 4) is 34.3 Å². The number of fused-ring (bicyclic) bond motifs is 3. The molecule has 1 aromatic heterocycles. The van der Waals surface area contributed by atoms with Crippen molar-refractivity contribution in [3.63, 3.8) is 0 Å². The van der Waals surface area contributed by atoms with Crippen LogP contribution in [-0.4, -0.2) is 72.6 Å². The molecule has 8 rings (SSSR count).